The number of carbonyl (C=O) groups is 1. The Morgan fingerprint density at radius 2 is 2.36 bits per heavy atom. The van der Waals surface area contributed by atoms with E-state index in [1.165, 1.54) is 0 Å². The first kappa shape index (κ1) is 14.9. The summed E-state index contributed by atoms with van der Waals surface area (Å²) in [4.78, 5) is 14.4. The molecule has 2 heterocycles. The molecule has 5 nitrogen and oxygen atoms in total. The highest BCUT2D eigenvalue weighted by molar-refractivity contribution is 5.88. The summed E-state index contributed by atoms with van der Waals surface area (Å²) >= 11 is 0. The van der Waals surface area contributed by atoms with E-state index in [4.69, 9.17) is 14.9 Å². The van der Waals surface area contributed by atoms with Gasteiger partial charge in [0.2, 0.25) is 5.91 Å². The lowest BCUT2D eigenvalue weighted by Gasteiger charge is -2.32. The summed E-state index contributed by atoms with van der Waals surface area (Å²) < 4.78 is 10.7. The molecule has 1 aliphatic heterocycles. The van der Waals surface area contributed by atoms with E-state index in [1.807, 2.05) is 23.1 Å². The van der Waals surface area contributed by atoms with Crippen molar-refractivity contribution in [3.8, 4) is 5.75 Å². The van der Waals surface area contributed by atoms with Gasteiger partial charge >= 0.3 is 0 Å². The Bertz CT molecular complexity index is 665. The van der Waals surface area contributed by atoms with Crippen LogP contribution in [0.1, 0.15) is 18.4 Å². The van der Waals surface area contributed by atoms with Gasteiger partial charge in [-0.2, -0.15) is 0 Å². The van der Waals surface area contributed by atoms with Crippen LogP contribution in [0.5, 0.6) is 5.75 Å². The average molecular weight is 302 g/mol. The van der Waals surface area contributed by atoms with Crippen LogP contribution in [0, 0.1) is 5.92 Å². The quantitative estimate of drug-likeness (QED) is 0.940. The number of nitrogens with zero attached hydrogens (tertiary/aromatic N) is 1. The monoisotopic (exact) mass is 302 g/mol. The molecule has 2 N–H and O–H groups in total. The van der Waals surface area contributed by atoms with Gasteiger partial charge < -0.3 is 19.8 Å². The van der Waals surface area contributed by atoms with Crippen LogP contribution in [0.15, 0.2) is 28.9 Å². The van der Waals surface area contributed by atoms with E-state index < -0.39 is 0 Å². The highest BCUT2D eigenvalue weighted by Crippen LogP contribution is 2.26. The Labute approximate surface area is 130 Å². The molecule has 2 aromatic rings. The summed E-state index contributed by atoms with van der Waals surface area (Å²) in [7, 11) is 1.62. The maximum Gasteiger partial charge on any atom is 0.227 e. The molecule has 0 saturated carbocycles. The zero-order chi connectivity index (χ0) is 15.5. The molecule has 0 unspecified atom stereocenters. The van der Waals surface area contributed by atoms with Crippen molar-refractivity contribution in [2.45, 2.75) is 19.3 Å². The van der Waals surface area contributed by atoms with Gasteiger partial charge in [-0.05, 0) is 37.4 Å². The molecule has 1 fully saturated rings. The first-order valence-corrected chi connectivity index (χ1v) is 7.73. The third-order valence-electron chi connectivity index (χ3n) is 4.41. The van der Waals surface area contributed by atoms with Gasteiger partial charge in [-0.3, -0.25) is 4.79 Å². The smallest absolute Gasteiger partial charge is 0.227 e. The van der Waals surface area contributed by atoms with Crippen molar-refractivity contribution in [1.82, 2.24) is 4.90 Å². The van der Waals surface area contributed by atoms with Crippen molar-refractivity contribution in [2.75, 3.05) is 26.7 Å². The number of hydrogen-bond donors (Lipinski definition) is 1. The molecular weight excluding hydrogens is 280 g/mol. The molecule has 1 atom stereocenters. The molecule has 0 radical (unpaired) electrons. The van der Waals surface area contributed by atoms with Crippen LogP contribution in [0.2, 0.25) is 0 Å². The number of benzene rings is 1. The van der Waals surface area contributed by atoms with Crippen LogP contribution >= 0.6 is 0 Å². The Balaban J connectivity index is 1.74. The number of hydrogen-bond acceptors (Lipinski definition) is 4. The number of piperidine rings is 1. The van der Waals surface area contributed by atoms with Gasteiger partial charge in [0.1, 0.15) is 11.3 Å². The van der Waals surface area contributed by atoms with Gasteiger partial charge in [0.15, 0.2) is 0 Å². The topological polar surface area (TPSA) is 68.7 Å². The molecule has 0 spiro atoms. The molecule has 0 aliphatic carbocycles. The number of carbonyl (C=O) groups excluding carboxylic acids is 1. The van der Waals surface area contributed by atoms with Crippen LogP contribution in [0.4, 0.5) is 0 Å². The van der Waals surface area contributed by atoms with E-state index in [9.17, 15) is 4.79 Å². The Morgan fingerprint density at radius 1 is 1.50 bits per heavy atom. The Kier molecular flexibility index (Phi) is 4.34. The number of likely N-dealkylation sites (tertiary alicyclic amines) is 1. The molecular formula is C17H22N2O3. The van der Waals surface area contributed by atoms with E-state index >= 15 is 0 Å². The lowest BCUT2D eigenvalue weighted by atomic mass is 9.97. The second-order valence-electron chi connectivity index (χ2n) is 5.88. The van der Waals surface area contributed by atoms with Gasteiger partial charge in [0.25, 0.3) is 0 Å². The van der Waals surface area contributed by atoms with E-state index in [0.717, 1.165) is 48.2 Å². The number of nitrogens with two attached hydrogens (primary N) is 1. The predicted molar refractivity (Wildman–Crippen MR) is 84.8 cm³/mol. The van der Waals surface area contributed by atoms with Gasteiger partial charge in [0.05, 0.1) is 19.8 Å². The van der Waals surface area contributed by atoms with Gasteiger partial charge in [0, 0.05) is 30.1 Å². The second kappa shape index (κ2) is 6.40. The first-order chi connectivity index (χ1) is 10.7. The number of furan rings is 1. The molecule has 1 aliphatic rings. The number of rotatable bonds is 4. The maximum absolute atomic E-state index is 12.5. The van der Waals surface area contributed by atoms with E-state index in [-0.39, 0.29) is 5.91 Å². The van der Waals surface area contributed by atoms with Crippen molar-refractivity contribution in [3.63, 3.8) is 0 Å². The van der Waals surface area contributed by atoms with Crippen LogP contribution in [-0.2, 0) is 11.2 Å². The molecule has 1 aromatic heterocycles. The minimum Gasteiger partial charge on any atom is -0.497 e. The molecule has 3 rings (SSSR count). The Morgan fingerprint density at radius 3 is 3.14 bits per heavy atom. The van der Waals surface area contributed by atoms with Crippen molar-refractivity contribution >= 4 is 16.9 Å². The largest absolute Gasteiger partial charge is 0.497 e. The predicted octanol–water partition coefficient (Wildman–Crippen LogP) is 2.18. The minimum atomic E-state index is 0.150. The van der Waals surface area contributed by atoms with E-state index in [2.05, 4.69) is 0 Å². The van der Waals surface area contributed by atoms with Gasteiger partial charge in [-0.25, -0.2) is 0 Å². The fourth-order valence-corrected chi connectivity index (χ4v) is 3.09. The number of methoxy groups -OCH3 is 1. The fourth-order valence-electron chi connectivity index (χ4n) is 3.09. The minimum absolute atomic E-state index is 0.150. The lowest BCUT2D eigenvalue weighted by molar-refractivity contribution is -0.132. The highest BCUT2D eigenvalue weighted by Gasteiger charge is 2.23. The van der Waals surface area contributed by atoms with E-state index in [1.54, 1.807) is 13.4 Å². The summed E-state index contributed by atoms with van der Waals surface area (Å²) in [5, 5.41) is 0.974. The second-order valence-corrected chi connectivity index (χ2v) is 5.88. The summed E-state index contributed by atoms with van der Waals surface area (Å²) in [5.41, 5.74) is 7.42. The third-order valence-corrected chi connectivity index (χ3v) is 4.41. The summed E-state index contributed by atoms with van der Waals surface area (Å²) in [5.74, 6) is 1.33. The molecule has 1 amide bonds. The van der Waals surface area contributed by atoms with Crippen LogP contribution in [0.25, 0.3) is 11.0 Å². The average Bonchev–Trinajstić information content (AvgIpc) is 2.96. The Hall–Kier alpha value is -2.01. The van der Waals surface area contributed by atoms with Crippen molar-refractivity contribution < 1.29 is 13.9 Å². The van der Waals surface area contributed by atoms with Gasteiger partial charge in [-0.15, -0.1) is 0 Å². The molecule has 1 saturated heterocycles. The lowest BCUT2D eigenvalue weighted by Crippen LogP contribution is -2.42. The molecule has 118 valence electrons. The first-order valence-electron chi connectivity index (χ1n) is 7.73. The van der Waals surface area contributed by atoms with Crippen molar-refractivity contribution in [2.24, 2.45) is 11.7 Å². The summed E-state index contributed by atoms with van der Waals surface area (Å²) in [6, 6.07) is 5.67. The molecule has 5 heteroatoms. The molecule has 1 aromatic carbocycles. The number of ether oxygens (including phenoxy) is 1. The summed E-state index contributed by atoms with van der Waals surface area (Å²) in [6.07, 6.45) is 4.20. The maximum atomic E-state index is 12.5. The summed E-state index contributed by atoms with van der Waals surface area (Å²) in [6.45, 7) is 2.26. The van der Waals surface area contributed by atoms with Crippen LogP contribution < -0.4 is 10.5 Å². The van der Waals surface area contributed by atoms with Crippen molar-refractivity contribution in [3.05, 3.63) is 30.0 Å². The number of fused-ring (bicyclic) bond motifs is 1. The zero-order valence-corrected chi connectivity index (χ0v) is 12.9. The van der Waals surface area contributed by atoms with Crippen LogP contribution in [0.3, 0.4) is 0 Å². The normalized spacial score (nSPS) is 18.6. The van der Waals surface area contributed by atoms with Gasteiger partial charge in [-0.1, -0.05) is 0 Å². The third kappa shape index (κ3) is 2.95. The van der Waals surface area contributed by atoms with Crippen LogP contribution in [-0.4, -0.2) is 37.6 Å². The SMILES string of the molecule is COc1ccc2c(CC(=O)N3CCC[C@@H](CN)C3)coc2c1. The highest BCUT2D eigenvalue weighted by atomic mass is 16.5. The van der Waals surface area contributed by atoms with E-state index in [0.29, 0.717) is 18.9 Å². The zero-order valence-electron chi connectivity index (χ0n) is 12.9. The molecule has 22 heavy (non-hydrogen) atoms. The standard InChI is InChI=1S/C17H22N2O3/c1-21-14-4-5-15-13(11-22-16(15)8-14)7-17(20)19-6-2-3-12(9-18)10-19/h4-5,8,11-12H,2-3,6-7,9-10,18H2,1H3/t12-/m0/s1. The fraction of sp³-hybridized carbons (Fsp3) is 0.471. The number of amides is 1. The molecule has 0 bridgehead atoms. The van der Waals surface area contributed by atoms with Crippen molar-refractivity contribution in [1.29, 1.82) is 0 Å².